The minimum Gasteiger partial charge on any atom is -0.455 e. The van der Waals surface area contributed by atoms with Crippen LogP contribution in [0.25, 0.3) is 55.0 Å². The third kappa shape index (κ3) is 5.83. The fraction of sp³-hybridized carbons (Fsp3) is 0.0159. The zero-order valence-corrected chi connectivity index (χ0v) is 37.0. The van der Waals surface area contributed by atoms with Gasteiger partial charge in [-0.25, -0.2) is 0 Å². The standard InChI is InChI=1S/C63H38N4O2/c64-39-41-21-13-17-33-51(41)66(45-27-9-3-10-28-45)53-37-49-59(61-57(53)47-31-15-19-35-55(47)68-61)60-50(63(49,43-23-5-1-6-24-43)44-25-7-2-8-26-44)38-54(58-48-32-16-20-36-56(48)69-62(58)60)67(46-29-11-4-12-30-46)52-34-18-14-22-42(52)40-65/h1-38H. The van der Waals surface area contributed by atoms with Crippen LogP contribution in [0, 0.1) is 22.7 Å². The highest BCUT2D eigenvalue weighted by Crippen LogP contribution is 2.64. The second-order valence-corrected chi connectivity index (χ2v) is 17.3. The molecule has 0 saturated carbocycles. The summed E-state index contributed by atoms with van der Waals surface area (Å²) >= 11 is 0. The molecule has 6 nitrogen and oxygen atoms in total. The lowest BCUT2D eigenvalue weighted by molar-refractivity contribution is 0.665. The number of anilines is 6. The number of hydrogen-bond acceptors (Lipinski definition) is 6. The van der Waals surface area contributed by atoms with Crippen molar-refractivity contribution in [1.29, 1.82) is 10.5 Å². The molecule has 0 bridgehead atoms. The fourth-order valence-corrected chi connectivity index (χ4v) is 11.0. The SMILES string of the molecule is N#Cc1ccccc1N(c1ccccc1)c1cc2c(c3oc4ccccc4c13)-c1c(cc(N(c3ccccc3)c3ccccc3C#N)c3c1oc1ccccc13)C2(c1ccccc1)c1ccccc1. The molecule has 0 amide bonds. The first kappa shape index (κ1) is 39.7. The summed E-state index contributed by atoms with van der Waals surface area (Å²) < 4.78 is 14.7. The number of rotatable bonds is 8. The van der Waals surface area contributed by atoms with Crippen LogP contribution in [0.3, 0.4) is 0 Å². The smallest absolute Gasteiger partial charge is 0.145 e. The van der Waals surface area contributed by atoms with Crippen molar-refractivity contribution in [3.8, 4) is 23.3 Å². The van der Waals surface area contributed by atoms with Gasteiger partial charge in [0.25, 0.3) is 0 Å². The van der Waals surface area contributed by atoms with Crippen LogP contribution in [0.4, 0.5) is 34.1 Å². The lowest BCUT2D eigenvalue weighted by atomic mass is 9.67. The van der Waals surface area contributed by atoms with Crippen LogP contribution in [-0.4, -0.2) is 0 Å². The van der Waals surface area contributed by atoms with Crippen LogP contribution in [-0.2, 0) is 5.41 Å². The van der Waals surface area contributed by atoms with Crippen molar-refractivity contribution in [3.05, 3.63) is 264 Å². The molecule has 0 spiro atoms. The number of nitriles is 2. The second kappa shape index (κ2) is 15.8. The van der Waals surface area contributed by atoms with Crippen LogP contribution in [0.2, 0.25) is 0 Å². The Kier molecular flexibility index (Phi) is 9.08. The molecule has 0 N–H and O–H groups in total. The Morgan fingerprint density at radius 1 is 0.362 bits per heavy atom. The number of para-hydroxylation sites is 6. The van der Waals surface area contributed by atoms with E-state index < -0.39 is 5.41 Å². The molecule has 2 heterocycles. The van der Waals surface area contributed by atoms with E-state index in [1.54, 1.807) is 0 Å². The summed E-state index contributed by atoms with van der Waals surface area (Å²) in [5.74, 6) is 0. The van der Waals surface area contributed by atoms with Crippen molar-refractivity contribution < 1.29 is 8.83 Å². The molecular weight excluding hydrogens is 845 g/mol. The van der Waals surface area contributed by atoms with Gasteiger partial charge in [-0.05, 0) is 95.1 Å². The first-order chi connectivity index (χ1) is 34.2. The van der Waals surface area contributed by atoms with Crippen molar-refractivity contribution >= 4 is 78.0 Å². The van der Waals surface area contributed by atoms with Gasteiger partial charge in [0.05, 0.1) is 50.1 Å². The molecule has 0 radical (unpaired) electrons. The van der Waals surface area contributed by atoms with Crippen LogP contribution < -0.4 is 9.80 Å². The summed E-state index contributed by atoms with van der Waals surface area (Å²) in [5.41, 5.74) is 13.9. The average molecular weight is 883 g/mol. The molecule has 0 atom stereocenters. The highest BCUT2D eigenvalue weighted by molar-refractivity contribution is 6.25. The van der Waals surface area contributed by atoms with Crippen LogP contribution >= 0.6 is 0 Å². The maximum Gasteiger partial charge on any atom is 0.145 e. The quantitative estimate of drug-likeness (QED) is 0.151. The molecule has 1 aliphatic carbocycles. The van der Waals surface area contributed by atoms with E-state index in [2.05, 4.69) is 143 Å². The lowest BCUT2D eigenvalue weighted by Gasteiger charge is -2.36. The molecule has 69 heavy (non-hydrogen) atoms. The first-order valence-electron chi connectivity index (χ1n) is 23.0. The molecule has 0 fully saturated rings. The van der Waals surface area contributed by atoms with Crippen LogP contribution in [0.5, 0.6) is 0 Å². The van der Waals surface area contributed by atoms with E-state index in [4.69, 9.17) is 8.83 Å². The van der Waals surface area contributed by atoms with Gasteiger partial charge in [-0.2, -0.15) is 10.5 Å². The first-order valence-corrected chi connectivity index (χ1v) is 23.0. The molecule has 12 aromatic rings. The monoisotopic (exact) mass is 882 g/mol. The highest BCUT2D eigenvalue weighted by atomic mass is 16.3. The van der Waals surface area contributed by atoms with Crippen LogP contribution in [0.1, 0.15) is 33.4 Å². The number of furan rings is 2. The predicted molar refractivity (Wildman–Crippen MR) is 277 cm³/mol. The van der Waals surface area contributed by atoms with Gasteiger partial charge in [0.15, 0.2) is 0 Å². The summed E-state index contributed by atoms with van der Waals surface area (Å²) in [6.45, 7) is 0. The second-order valence-electron chi connectivity index (χ2n) is 17.3. The minimum absolute atomic E-state index is 0.538. The molecule has 2 aromatic heterocycles. The van der Waals surface area contributed by atoms with Crippen molar-refractivity contribution in [3.63, 3.8) is 0 Å². The van der Waals surface area contributed by atoms with Crippen molar-refractivity contribution in [2.75, 3.05) is 9.80 Å². The topological polar surface area (TPSA) is 80.3 Å². The Bertz CT molecular complexity index is 3790. The summed E-state index contributed by atoms with van der Waals surface area (Å²) in [5, 5.41) is 25.2. The van der Waals surface area contributed by atoms with Gasteiger partial charge in [0, 0.05) is 33.3 Å². The number of nitrogens with zero attached hydrogens (tertiary/aromatic N) is 4. The molecule has 1 aliphatic rings. The van der Waals surface area contributed by atoms with E-state index in [9.17, 15) is 10.5 Å². The predicted octanol–water partition coefficient (Wildman–Crippen LogP) is 16.5. The lowest BCUT2D eigenvalue weighted by Crippen LogP contribution is -2.29. The zero-order valence-electron chi connectivity index (χ0n) is 37.0. The Morgan fingerprint density at radius 3 is 1.12 bits per heavy atom. The van der Waals surface area contributed by atoms with Crippen molar-refractivity contribution in [1.82, 2.24) is 0 Å². The van der Waals surface area contributed by atoms with Crippen molar-refractivity contribution in [2.45, 2.75) is 5.41 Å². The summed E-state index contributed by atoms with van der Waals surface area (Å²) in [7, 11) is 0. The van der Waals surface area contributed by atoms with Crippen molar-refractivity contribution in [2.24, 2.45) is 0 Å². The van der Waals surface area contributed by atoms with Gasteiger partial charge >= 0.3 is 0 Å². The Balaban J connectivity index is 1.28. The number of benzene rings is 10. The van der Waals surface area contributed by atoms with Gasteiger partial charge in [0.2, 0.25) is 0 Å². The Morgan fingerprint density at radius 2 is 0.710 bits per heavy atom. The minimum atomic E-state index is -0.981. The van der Waals surface area contributed by atoms with E-state index in [0.717, 1.165) is 100 Å². The van der Waals surface area contributed by atoms with E-state index in [1.165, 1.54) is 0 Å². The Hall–Kier alpha value is -9.62. The Labute approximate surface area is 398 Å². The normalized spacial score (nSPS) is 12.4. The van der Waals surface area contributed by atoms with E-state index in [0.29, 0.717) is 22.3 Å². The maximum atomic E-state index is 10.8. The molecule has 6 heteroatoms. The summed E-state index contributed by atoms with van der Waals surface area (Å²) in [6, 6.07) is 83.7. The molecule has 0 unspecified atom stereocenters. The summed E-state index contributed by atoms with van der Waals surface area (Å²) in [6.07, 6.45) is 0. The molecule has 13 rings (SSSR count). The van der Waals surface area contributed by atoms with E-state index >= 15 is 0 Å². The third-order valence-electron chi connectivity index (χ3n) is 13.8. The average Bonchev–Trinajstić information content (AvgIpc) is 4.09. The molecule has 10 aromatic carbocycles. The van der Waals surface area contributed by atoms with Crippen LogP contribution in [0.15, 0.2) is 239 Å². The molecule has 0 saturated heterocycles. The molecule has 0 aliphatic heterocycles. The van der Waals surface area contributed by atoms with E-state index in [-0.39, 0.29) is 0 Å². The number of hydrogen-bond donors (Lipinski definition) is 0. The molecule has 322 valence electrons. The van der Waals surface area contributed by atoms with Gasteiger partial charge in [0.1, 0.15) is 34.5 Å². The van der Waals surface area contributed by atoms with Gasteiger partial charge in [-0.1, -0.05) is 158 Å². The highest BCUT2D eigenvalue weighted by Gasteiger charge is 2.50. The fourth-order valence-electron chi connectivity index (χ4n) is 11.0. The van der Waals surface area contributed by atoms with Gasteiger partial charge in [-0.15, -0.1) is 0 Å². The zero-order chi connectivity index (χ0) is 46.1. The number of fused-ring (bicyclic) bond motifs is 11. The summed E-state index contributed by atoms with van der Waals surface area (Å²) in [4.78, 5) is 4.43. The van der Waals surface area contributed by atoms with Gasteiger partial charge in [-0.3, -0.25) is 0 Å². The largest absolute Gasteiger partial charge is 0.455 e. The van der Waals surface area contributed by atoms with E-state index in [1.807, 2.05) is 109 Å². The molecular formula is C63H38N4O2. The maximum absolute atomic E-state index is 10.8. The third-order valence-corrected chi connectivity index (χ3v) is 13.8. The van der Waals surface area contributed by atoms with Gasteiger partial charge < -0.3 is 18.6 Å².